The molecule has 1 saturated carbocycles. The molecular formula is C11H15FN2. The lowest BCUT2D eigenvalue weighted by Gasteiger charge is -2.18. The van der Waals surface area contributed by atoms with E-state index in [4.69, 9.17) is 5.73 Å². The third kappa shape index (κ3) is 1.77. The minimum absolute atomic E-state index is 0.175. The lowest BCUT2D eigenvalue weighted by molar-refractivity contribution is 0.422. The number of aromatic nitrogens is 1. The third-order valence-electron chi connectivity index (χ3n) is 3.05. The summed E-state index contributed by atoms with van der Waals surface area (Å²) in [6.07, 6.45) is 6.14. The highest BCUT2D eigenvalue weighted by atomic mass is 19.1. The van der Waals surface area contributed by atoms with Crippen LogP contribution in [0.5, 0.6) is 0 Å². The van der Waals surface area contributed by atoms with Crippen molar-refractivity contribution >= 4 is 0 Å². The molecule has 14 heavy (non-hydrogen) atoms. The maximum Gasteiger partial charge on any atom is 0.217 e. The van der Waals surface area contributed by atoms with Crippen molar-refractivity contribution in [2.75, 3.05) is 0 Å². The fraction of sp³-hybridized carbons (Fsp3) is 0.545. The third-order valence-corrected chi connectivity index (χ3v) is 3.05. The second-order valence-electron chi connectivity index (χ2n) is 3.95. The molecule has 2 N–H and O–H groups in total. The van der Waals surface area contributed by atoms with E-state index in [1.807, 2.05) is 0 Å². The largest absolute Gasteiger partial charge is 0.324 e. The van der Waals surface area contributed by atoms with Gasteiger partial charge in [-0.2, -0.15) is 4.39 Å². The molecule has 2 nitrogen and oxygen atoms in total. The molecule has 76 valence electrons. The Hall–Kier alpha value is -0.960. The van der Waals surface area contributed by atoms with Gasteiger partial charge < -0.3 is 5.73 Å². The summed E-state index contributed by atoms with van der Waals surface area (Å²) in [6.45, 7) is 0. The topological polar surface area (TPSA) is 38.9 Å². The van der Waals surface area contributed by atoms with E-state index < -0.39 is 5.95 Å². The number of pyridine rings is 1. The van der Waals surface area contributed by atoms with Crippen LogP contribution < -0.4 is 5.73 Å². The molecule has 0 bridgehead atoms. The van der Waals surface area contributed by atoms with Crippen molar-refractivity contribution < 1.29 is 4.39 Å². The Morgan fingerprint density at radius 2 is 2.14 bits per heavy atom. The quantitative estimate of drug-likeness (QED) is 0.734. The van der Waals surface area contributed by atoms with Crippen molar-refractivity contribution in [3.63, 3.8) is 0 Å². The first-order chi connectivity index (χ1) is 6.79. The first-order valence-corrected chi connectivity index (χ1v) is 5.15. The number of nitrogens with zero attached hydrogens (tertiary/aromatic N) is 1. The van der Waals surface area contributed by atoms with Gasteiger partial charge in [-0.05, 0) is 24.8 Å². The summed E-state index contributed by atoms with van der Waals surface area (Å²) in [5.41, 5.74) is 6.59. The smallest absolute Gasteiger partial charge is 0.217 e. The summed E-state index contributed by atoms with van der Waals surface area (Å²) in [5.74, 6) is 0.0283. The van der Waals surface area contributed by atoms with Crippen LogP contribution >= 0.6 is 0 Å². The van der Waals surface area contributed by atoms with E-state index in [2.05, 4.69) is 4.98 Å². The molecule has 0 saturated heterocycles. The average molecular weight is 194 g/mol. The predicted octanol–water partition coefficient (Wildman–Crippen LogP) is 2.41. The molecule has 0 aromatic carbocycles. The minimum atomic E-state index is -0.410. The Labute approximate surface area is 83.3 Å². The highest BCUT2D eigenvalue weighted by Crippen LogP contribution is 2.34. The van der Waals surface area contributed by atoms with Gasteiger partial charge in [-0.15, -0.1) is 0 Å². The van der Waals surface area contributed by atoms with Gasteiger partial charge in [0.1, 0.15) is 0 Å². The normalized spacial score (nSPS) is 19.9. The van der Waals surface area contributed by atoms with Crippen molar-refractivity contribution in [1.82, 2.24) is 4.98 Å². The first-order valence-electron chi connectivity index (χ1n) is 5.15. The van der Waals surface area contributed by atoms with E-state index in [1.165, 1.54) is 19.0 Å². The Balaban J connectivity index is 2.17. The fourth-order valence-corrected chi connectivity index (χ4v) is 2.22. The molecule has 0 radical (unpaired) electrons. The van der Waals surface area contributed by atoms with Crippen molar-refractivity contribution in [3.8, 4) is 0 Å². The van der Waals surface area contributed by atoms with Gasteiger partial charge in [0.25, 0.3) is 0 Å². The van der Waals surface area contributed by atoms with Crippen LogP contribution in [-0.4, -0.2) is 4.98 Å². The van der Waals surface area contributed by atoms with Crippen molar-refractivity contribution in [1.29, 1.82) is 0 Å². The highest BCUT2D eigenvalue weighted by molar-refractivity contribution is 5.16. The van der Waals surface area contributed by atoms with Gasteiger partial charge in [-0.3, -0.25) is 0 Å². The van der Waals surface area contributed by atoms with E-state index in [-0.39, 0.29) is 6.04 Å². The van der Waals surface area contributed by atoms with Crippen molar-refractivity contribution in [3.05, 3.63) is 29.8 Å². The summed E-state index contributed by atoms with van der Waals surface area (Å²) in [4.78, 5) is 3.62. The van der Waals surface area contributed by atoms with Crippen LogP contribution in [0.2, 0.25) is 0 Å². The van der Waals surface area contributed by atoms with E-state index in [9.17, 15) is 4.39 Å². The minimum Gasteiger partial charge on any atom is -0.324 e. The number of nitrogens with two attached hydrogens (primary N) is 1. The van der Waals surface area contributed by atoms with Gasteiger partial charge in [-0.1, -0.05) is 18.9 Å². The number of hydrogen-bond acceptors (Lipinski definition) is 2. The van der Waals surface area contributed by atoms with Crippen LogP contribution in [0.3, 0.4) is 0 Å². The van der Waals surface area contributed by atoms with Gasteiger partial charge in [0.15, 0.2) is 0 Å². The zero-order chi connectivity index (χ0) is 9.97. The standard InChI is InChI=1S/C11H15FN2/c12-11-9(6-3-7-14-11)10(13)8-4-1-2-5-8/h3,6-8,10H,1-2,4-5,13H2/t10-/m1/s1. The monoisotopic (exact) mass is 194 g/mol. The lowest BCUT2D eigenvalue weighted by Crippen LogP contribution is -2.20. The highest BCUT2D eigenvalue weighted by Gasteiger charge is 2.25. The zero-order valence-electron chi connectivity index (χ0n) is 8.12. The van der Waals surface area contributed by atoms with Gasteiger partial charge in [0, 0.05) is 17.8 Å². The molecule has 1 aliphatic carbocycles. The molecule has 1 atom stereocenters. The maximum atomic E-state index is 13.3. The molecule has 0 aliphatic heterocycles. The molecule has 1 heterocycles. The molecule has 0 amide bonds. The molecule has 3 heteroatoms. The Morgan fingerprint density at radius 1 is 1.43 bits per heavy atom. The molecule has 2 rings (SSSR count). The number of rotatable bonds is 2. The second kappa shape index (κ2) is 4.05. The molecule has 1 aliphatic rings. The van der Waals surface area contributed by atoms with Gasteiger partial charge >= 0.3 is 0 Å². The summed E-state index contributed by atoms with van der Waals surface area (Å²) < 4.78 is 13.3. The van der Waals surface area contributed by atoms with Crippen LogP contribution in [0.15, 0.2) is 18.3 Å². The molecule has 0 spiro atoms. The molecule has 1 aromatic rings. The number of halogens is 1. The van der Waals surface area contributed by atoms with Gasteiger partial charge in [0.05, 0.1) is 0 Å². The van der Waals surface area contributed by atoms with Crippen molar-refractivity contribution in [2.24, 2.45) is 11.7 Å². The Morgan fingerprint density at radius 3 is 2.79 bits per heavy atom. The van der Waals surface area contributed by atoms with Crippen LogP contribution in [0.25, 0.3) is 0 Å². The van der Waals surface area contributed by atoms with Crippen LogP contribution in [0.1, 0.15) is 37.3 Å². The zero-order valence-corrected chi connectivity index (χ0v) is 8.12. The van der Waals surface area contributed by atoms with E-state index in [1.54, 1.807) is 12.1 Å². The van der Waals surface area contributed by atoms with Crippen molar-refractivity contribution in [2.45, 2.75) is 31.7 Å². The molecule has 1 fully saturated rings. The summed E-state index contributed by atoms with van der Waals surface area (Å²) in [5, 5.41) is 0. The van der Waals surface area contributed by atoms with Gasteiger partial charge in [-0.25, -0.2) is 4.98 Å². The Kier molecular flexibility index (Phi) is 2.77. The van der Waals surface area contributed by atoms with Gasteiger partial charge in [0.2, 0.25) is 5.95 Å². The summed E-state index contributed by atoms with van der Waals surface area (Å²) >= 11 is 0. The first kappa shape index (κ1) is 9.59. The maximum absolute atomic E-state index is 13.3. The van der Waals surface area contributed by atoms with Crippen LogP contribution in [0, 0.1) is 11.9 Å². The lowest BCUT2D eigenvalue weighted by atomic mass is 9.93. The molecule has 0 unspecified atom stereocenters. The SMILES string of the molecule is N[C@@H](c1cccnc1F)C1CCCC1. The molecular weight excluding hydrogens is 179 g/mol. The fourth-order valence-electron chi connectivity index (χ4n) is 2.22. The van der Waals surface area contributed by atoms with E-state index >= 15 is 0 Å². The van der Waals surface area contributed by atoms with E-state index in [0.717, 1.165) is 12.8 Å². The molecule has 1 aromatic heterocycles. The number of hydrogen-bond donors (Lipinski definition) is 1. The van der Waals surface area contributed by atoms with Crippen LogP contribution in [-0.2, 0) is 0 Å². The second-order valence-corrected chi connectivity index (χ2v) is 3.95. The Bertz CT molecular complexity index is 308. The average Bonchev–Trinajstić information content (AvgIpc) is 2.70. The van der Waals surface area contributed by atoms with E-state index in [0.29, 0.717) is 11.5 Å². The summed E-state index contributed by atoms with van der Waals surface area (Å²) in [7, 11) is 0. The van der Waals surface area contributed by atoms with Crippen LogP contribution in [0.4, 0.5) is 4.39 Å². The summed E-state index contributed by atoms with van der Waals surface area (Å²) in [6, 6.07) is 3.31. The predicted molar refractivity (Wildman–Crippen MR) is 53.1 cm³/mol.